The number of hydrogen-bond donors (Lipinski definition) is 1. The number of pyridine rings is 1. The number of nitrogens with zero attached hydrogens (tertiary/aromatic N) is 3. The Labute approximate surface area is 121 Å². The molecule has 0 spiro atoms. The first kappa shape index (κ1) is 12.9. The van der Waals surface area contributed by atoms with Crippen LogP contribution in [0.15, 0.2) is 48.8 Å². The number of benzene rings is 1. The van der Waals surface area contributed by atoms with Crippen molar-refractivity contribution in [2.75, 3.05) is 5.32 Å². The quantitative estimate of drug-likeness (QED) is 0.782. The van der Waals surface area contributed by atoms with Crippen molar-refractivity contribution >= 4 is 17.2 Å². The number of aryl methyl sites for hydroxylation is 1. The zero-order valence-electron chi connectivity index (χ0n) is 11.4. The van der Waals surface area contributed by atoms with Gasteiger partial charge in [0.15, 0.2) is 0 Å². The highest BCUT2D eigenvalue weighted by Gasteiger charge is 2.07. The Morgan fingerprint density at radius 1 is 1.29 bits per heavy atom. The predicted octanol–water partition coefficient (Wildman–Crippen LogP) is 2.77. The fraction of sp³-hybridized carbons (Fsp3) is 0.0625. The molecule has 0 aliphatic carbocycles. The third-order valence-electron chi connectivity index (χ3n) is 3.08. The lowest BCUT2D eigenvalue weighted by Crippen LogP contribution is -2.12. The molecule has 3 aromatic rings. The molecule has 1 aromatic carbocycles. The maximum Gasteiger partial charge on any atom is 0.255 e. The van der Waals surface area contributed by atoms with Gasteiger partial charge in [-0.05, 0) is 37.3 Å². The summed E-state index contributed by atoms with van der Waals surface area (Å²) in [7, 11) is 0. The average Bonchev–Trinajstić information content (AvgIpc) is 2.86. The van der Waals surface area contributed by atoms with E-state index < -0.39 is 0 Å². The molecule has 5 nitrogen and oxygen atoms in total. The molecule has 3 rings (SSSR count). The second-order valence-electron chi connectivity index (χ2n) is 4.71. The minimum atomic E-state index is -0.247. The van der Waals surface area contributed by atoms with Gasteiger partial charge >= 0.3 is 0 Å². The maximum atomic E-state index is 12.2. The van der Waals surface area contributed by atoms with E-state index in [0.29, 0.717) is 16.8 Å². The summed E-state index contributed by atoms with van der Waals surface area (Å²) in [5.74, 6) is -0.247. The van der Waals surface area contributed by atoms with Crippen LogP contribution in [0.1, 0.15) is 21.6 Å². The molecule has 0 aliphatic heterocycles. The summed E-state index contributed by atoms with van der Waals surface area (Å²) in [5, 5.41) is 11.7. The minimum absolute atomic E-state index is 0.247. The van der Waals surface area contributed by atoms with Crippen LogP contribution in [0.4, 0.5) is 5.69 Å². The first-order valence-electron chi connectivity index (χ1n) is 6.42. The molecular weight excluding hydrogens is 264 g/mol. The largest absolute Gasteiger partial charge is 0.321 e. The normalized spacial score (nSPS) is 10.3. The van der Waals surface area contributed by atoms with Gasteiger partial charge in [-0.1, -0.05) is 6.07 Å². The predicted molar refractivity (Wildman–Crippen MR) is 79.0 cm³/mol. The molecule has 2 heterocycles. The summed E-state index contributed by atoms with van der Waals surface area (Å²) in [6, 6.07) is 12.3. The van der Waals surface area contributed by atoms with Crippen molar-refractivity contribution in [3.05, 3.63) is 65.6 Å². The van der Waals surface area contributed by atoms with E-state index in [1.807, 2.05) is 29.7 Å². The lowest BCUT2D eigenvalue weighted by Gasteiger charge is -2.06. The summed E-state index contributed by atoms with van der Waals surface area (Å²) in [6.07, 6.45) is 3.70. The highest BCUT2D eigenvalue weighted by atomic mass is 16.1. The van der Waals surface area contributed by atoms with Crippen molar-refractivity contribution in [1.82, 2.24) is 9.38 Å². The molecular formula is C16H12N4O. The van der Waals surface area contributed by atoms with Gasteiger partial charge in [0.1, 0.15) is 5.65 Å². The van der Waals surface area contributed by atoms with E-state index in [4.69, 9.17) is 5.26 Å². The van der Waals surface area contributed by atoms with E-state index in [1.54, 1.807) is 36.5 Å². The second-order valence-corrected chi connectivity index (χ2v) is 4.71. The topological polar surface area (TPSA) is 70.2 Å². The molecule has 0 bridgehead atoms. The van der Waals surface area contributed by atoms with Crippen molar-refractivity contribution in [2.24, 2.45) is 0 Å². The first-order valence-corrected chi connectivity index (χ1v) is 6.42. The van der Waals surface area contributed by atoms with Crippen LogP contribution in [0.25, 0.3) is 5.65 Å². The van der Waals surface area contributed by atoms with Gasteiger partial charge in [-0.15, -0.1) is 0 Å². The second kappa shape index (κ2) is 5.10. The maximum absolute atomic E-state index is 12.2. The molecule has 0 fully saturated rings. The molecule has 0 aliphatic rings. The minimum Gasteiger partial charge on any atom is -0.321 e. The summed E-state index contributed by atoms with van der Waals surface area (Å²) in [4.78, 5) is 16.5. The van der Waals surface area contributed by atoms with Crippen LogP contribution >= 0.6 is 0 Å². The molecule has 0 radical (unpaired) electrons. The molecule has 0 atom stereocenters. The number of hydrogen-bond acceptors (Lipinski definition) is 3. The molecule has 21 heavy (non-hydrogen) atoms. The number of anilines is 1. The Hall–Kier alpha value is -3.13. The monoisotopic (exact) mass is 276 g/mol. The zero-order chi connectivity index (χ0) is 14.8. The standard InChI is InChI=1S/C16H12N4O/c1-11-9-20-10-14(5-6-15(20)18-11)19-16(21)13-4-2-3-12(7-13)8-17/h2-7,9-10H,1H3,(H,19,21). The van der Waals surface area contributed by atoms with Gasteiger partial charge in [0.25, 0.3) is 5.91 Å². The smallest absolute Gasteiger partial charge is 0.255 e. The summed E-state index contributed by atoms with van der Waals surface area (Å²) < 4.78 is 1.86. The Morgan fingerprint density at radius 2 is 2.14 bits per heavy atom. The Bertz CT molecular complexity index is 873. The molecule has 1 amide bonds. The SMILES string of the molecule is Cc1cn2cc(NC(=O)c3cccc(C#N)c3)ccc2n1. The number of nitrogens with one attached hydrogen (secondary N) is 1. The van der Waals surface area contributed by atoms with Crippen molar-refractivity contribution in [1.29, 1.82) is 5.26 Å². The van der Waals surface area contributed by atoms with Crippen LogP contribution in [0, 0.1) is 18.3 Å². The van der Waals surface area contributed by atoms with Gasteiger partial charge in [-0.2, -0.15) is 5.26 Å². The molecule has 0 saturated heterocycles. The third kappa shape index (κ3) is 2.60. The van der Waals surface area contributed by atoms with Crippen molar-refractivity contribution < 1.29 is 4.79 Å². The van der Waals surface area contributed by atoms with E-state index in [1.165, 1.54) is 0 Å². The van der Waals surface area contributed by atoms with E-state index in [-0.39, 0.29) is 5.91 Å². The van der Waals surface area contributed by atoms with Crippen molar-refractivity contribution in [2.45, 2.75) is 6.92 Å². The van der Waals surface area contributed by atoms with Gasteiger partial charge in [0, 0.05) is 18.0 Å². The van der Waals surface area contributed by atoms with Gasteiger partial charge < -0.3 is 9.72 Å². The average molecular weight is 276 g/mol. The fourth-order valence-electron chi connectivity index (χ4n) is 2.13. The molecule has 0 saturated carbocycles. The first-order chi connectivity index (χ1) is 10.2. The fourth-order valence-corrected chi connectivity index (χ4v) is 2.13. The molecule has 5 heteroatoms. The summed E-state index contributed by atoms with van der Waals surface area (Å²) in [5.41, 5.74) is 3.34. The number of imidazole rings is 1. The van der Waals surface area contributed by atoms with Crippen LogP contribution in [-0.4, -0.2) is 15.3 Å². The zero-order valence-corrected chi connectivity index (χ0v) is 11.4. The lowest BCUT2D eigenvalue weighted by molar-refractivity contribution is 0.102. The number of fused-ring (bicyclic) bond motifs is 1. The van der Waals surface area contributed by atoms with E-state index in [9.17, 15) is 4.79 Å². The number of rotatable bonds is 2. The molecule has 1 N–H and O–H groups in total. The van der Waals surface area contributed by atoms with Gasteiger partial charge in [0.2, 0.25) is 0 Å². The molecule has 0 unspecified atom stereocenters. The molecule has 2 aromatic heterocycles. The number of carbonyl (C=O) groups excluding carboxylic acids is 1. The van der Waals surface area contributed by atoms with E-state index in [2.05, 4.69) is 10.3 Å². The van der Waals surface area contributed by atoms with Crippen LogP contribution in [0.5, 0.6) is 0 Å². The van der Waals surface area contributed by atoms with Crippen LogP contribution in [0.3, 0.4) is 0 Å². The van der Waals surface area contributed by atoms with Gasteiger partial charge in [-0.3, -0.25) is 4.79 Å². The van der Waals surface area contributed by atoms with E-state index >= 15 is 0 Å². The third-order valence-corrected chi connectivity index (χ3v) is 3.08. The Balaban J connectivity index is 1.87. The van der Waals surface area contributed by atoms with Crippen LogP contribution in [-0.2, 0) is 0 Å². The van der Waals surface area contributed by atoms with Crippen molar-refractivity contribution in [3.63, 3.8) is 0 Å². The number of nitriles is 1. The van der Waals surface area contributed by atoms with E-state index in [0.717, 1.165) is 11.3 Å². The van der Waals surface area contributed by atoms with Crippen LogP contribution in [0.2, 0.25) is 0 Å². The Kier molecular flexibility index (Phi) is 3.13. The van der Waals surface area contributed by atoms with Crippen molar-refractivity contribution in [3.8, 4) is 6.07 Å². The lowest BCUT2D eigenvalue weighted by atomic mass is 10.1. The summed E-state index contributed by atoms with van der Waals surface area (Å²) >= 11 is 0. The van der Waals surface area contributed by atoms with Crippen LogP contribution < -0.4 is 5.32 Å². The highest BCUT2D eigenvalue weighted by molar-refractivity contribution is 6.04. The summed E-state index contributed by atoms with van der Waals surface area (Å²) in [6.45, 7) is 1.92. The Morgan fingerprint density at radius 3 is 2.95 bits per heavy atom. The molecule has 102 valence electrons. The number of carbonyl (C=O) groups is 1. The number of aromatic nitrogens is 2. The number of amides is 1. The van der Waals surface area contributed by atoms with Gasteiger partial charge in [-0.25, -0.2) is 4.98 Å². The van der Waals surface area contributed by atoms with Gasteiger partial charge in [0.05, 0.1) is 23.0 Å². The highest BCUT2D eigenvalue weighted by Crippen LogP contribution is 2.13.